The molecule has 0 saturated heterocycles. The Morgan fingerprint density at radius 2 is 1.83 bits per heavy atom. The first-order valence-corrected chi connectivity index (χ1v) is 8.60. The fourth-order valence-electron chi connectivity index (χ4n) is 3.19. The van der Waals surface area contributed by atoms with Gasteiger partial charge in [0.1, 0.15) is 5.69 Å². The number of hydrogen-bond acceptors (Lipinski definition) is 3. The number of hydrogen-bond donors (Lipinski definition) is 1. The summed E-state index contributed by atoms with van der Waals surface area (Å²) in [7, 11) is 0. The number of nitrogens with zero attached hydrogens (tertiary/aromatic N) is 2. The number of rotatable bonds is 4. The molecule has 124 valence electrons. The van der Waals surface area contributed by atoms with Crippen LogP contribution in [-0.4, -0.2) is 16.6 Å². The molecule has 1 aliphatic carbocycles. The molecule has 4 heteroatoms. The summed E-state index contributed by atoms with van der Waals surface area (Å²) in [5.74, 6) is 0.405. The van der Waals surface area contributed by atoms with Crippen LogP contribution in [0, 0.1) is 0 Å². The standard InChI is InChI=1S/C20H23N3O/c1-15(22-23-20(24)19-9-5-6-14-21-19)16-10-12-18(13-11-16)17-7-3-2-4-8-17/h5-6,9-14,17H,2-4,7-8H2,1H3,(H,23,24). The molecule has 1 aliphatic rings. The third kappa shape index (κ3) is 4.07. The molecule has 0 spiro atoms. The van der Waals surface area contributed by atoms with E-state index in [1.54, 1.807) is 24.4 Å². The molecule has 1 saturated carbocycles. The molecule has 0 atom stereocenters. The summed E-state index contributed by atoms with van der Waals surface area (Å²) in [6.07, 6.45) is 8.24. The summed E-state index contributed by atoms with van der Waals surface area (Å²) >= 11 is 0. The first kappa shape index (κ1) is 16.4. The Kier molecular flexibility index (Phi) is 5.36. The van der Waals surface area contributed by atoms with Crippen LogP contribution in [0.1, 0.15) is 66.6 Å². The average molecular weight is 321 g/mol. The second-order valence-electron chi connectivity index (χ2n) is 6.31. The van der Waals surface area contributed by atoms with Gasteiger partial charge in [0.2, 0.25) is 0 Å². The van der Waals surface area contributed by atoms with Gasteiger partial charge in [0.25, 0.3) is 5.91 Å². The van der Waals surface area contributed by atoms with E-state index in [-0.39, 0.29) is 5.91 Å². The van der Waals surface area contributed by atoms with Crippen molar-refractivity contribution in [2.45, 2.75) is 44.9 Å². The summed E-state index contributed by atoms with van der Waals surface area (Å²) in [6.45, 7) is 1.90. The smallest absolute Gasteiger partial charge is 0.266 e. The molecule has 1 aromatic heterocycles. The lowest BCUT2D eigenvalue weighted by Crippen LogP contribution is -2.20. The second kappa shape index (κ2) is 7.86. The summed E-state index contributed by atoms with van der Waals surface area (Å²) in [6, 6.07) is 13.8. The molecule has 0 aliphatic heterocycles. The van der Waals surface area contributed by atoms with E-state index in [0.29, 0.717) is 11.6 Å². The predicted octanol–water partition coefficient (Wildman–Crippen LogP) is 4.28. The van der Waals surface area contributed by atoms with Gasteiger partial charge in [-0.05, 0) is 48.9 Å². The first-order chi connectivity index (χ1) is 11.7. The van der Waals surface area contributed by atoms with Gasteiger partial charge < -0.3 is 0 Å². The maximum atomic E-state index is 12.0. The quantitative estimate of drug-likeness (QED) is 0.675. The zero-order chi connectivity index (χ0) is 16.8. The summed E-state index contributed by atoms with van der Waals surface area (Å²) in [5, 5.41) is 4.19. The van der Waals surface area contributed by atoms with Gasteiger partial charge in [-0.15, -0.1) is 0 Å². The molecule has 4 nitrogen and oxygen atoms in total. The molecule has 0 unspecified atom stereocenters. The van der Waals surface area contributed by atoms with Gasteiger partial charge in [-0.1, -0.05) is 49.6 Å². The Morgan fingerprint density at radius 1 is 1.08 bits per heavy atom. The Morgan fingerprint density at radius 3 is 2.50 bits per heavy atom. The minimum absolute atomic E-state index is 0.297. The van der Waals surface area contributed by atoms with Crippen LogP contribution < -0.4 is 5.43 Å². The molecule has 1 amide bonds. The highest BCUT2D eigenvalue weighted by atomic mass is 16.2. The number of carbonyl (C=O) groups is 1. The van der Waals surface area contributed by atoms with E-state index in [9.17, 15) is 4.79 Å². The number of carbonyl (C=O) groups excluding carboxylic acids is 1. The maximum absolute atomic E-state index is 12.0. The minimum atomic E-state index is -0.297. The van der Waals surface area contributed by atoms with Crippen molar-refractivity contribution in [3.05, 3.63) is 65.5 Å². The summed E-state index contributed by atoms with van der Waals surface area (Å²) in [5.41, 5.74) is 6.16. The largest absolute Gasteiger partial charge is 0.289 e. The zero-order valence-corrected chi connectivity index (χ0v) is 14.0. The lowest BCUT2D eigenvalue weighted by molar-refractivity contribution is 0.0950. The third-order valence-electron chi connectivity index (χ3n) is 4.63. The molecule has 1 fully saturated rings. The van der Waals surface area contributed by atoms with Crippen LogP contribution in [0.5, 0.6) is 0 Å². The normalized spacial score (nSPS) is 16.0. The lowest BCUT2D eigenvalue weighted by Gasteiger charge is -2.22. The molecule has 0 radical (unpaired) electrons. The fourth-order valence-corrected chi connectivity index (χ4v) is 3.19. The summed E-state index contributed by atoms with van der Waals surface area (Å²) < 4.78 is 0. The number of hydrazone groups is 1. The van der Waals surface area contributed by atoms with Crippen LogP contribution in [0.15, 0.2) is 53.8 Å². The maximum Gasteiger partial charge on any atom is 0.289 e. The highest BCUT2D eigenvalue weighted by Crippen LogP contribution is 2.32. The van der Waals surface area contributed by atoms with E-state index in [1.807, 2.05) is 6.92 Å². The van der Waals surface area contributed by atoms with E-state index in [2.05, 4.69) is 39.8 Å². The van der Waals surface area contributed by atoms with E-state index < -0.39 is 0 Å². The van der Waals surface area contributed by atoms with Crippen LogP contribution >= 0.6 is 0 Å². The predicted molar refractivity (Wildman–Crippen MR) is 96.2 cm³/mol. The van der Waals surface area contributed by atoms with Gasteiger partial charge in [0.15, 0.2) is 0 Å². The zero-order valence-electron chi connectivity index (χ0n) is 14.0. The van der Waals surface area contributed by atoms with Gasteiger partial charge in [-0.2, -0.15) is 5.10 Å². The molecule has 2 aromatic rings. The van der Waals surface area contributed by atoms with Gasteiger partial charge >= 0.3 is 0 Å². The van der Waals surface area contributed by atoms with Crippen molar-refractivity contribution in [3.63, 3.8) is 0 Å². The lowest BCUT2D eigenvalue weighted by atomic mass is 9.84. The highest BCUT2D eigenvalue weighted by molar-refractivity contribution is 6.00. The van der Waals surface area contributed by atoms with Crippen molar-refractivity contribution in [3.8, 4) is 0 Å². The van der Waals surface area contributed by atoms with E-state index in [1.165, 1.54) is 37.7 Å². The van der Waals surface area contributed by atoms with Gasteiger partial charge in [0.05, 0.1) is 5.71 Å². The average Bonchev–Trinajstić information content (AvgIpc) is 2.67. The van der Waals surface area contributed by atoms with Crippen molar-refractivity contribution in [1.82, 2.24) is 10.4 Å². The van der Waals surface area contributed by atoms with Crippen molar-refractivity contribution in [1.29, 1.82) is 0 Å². The van der Waals surface area contributed by atoms with Crippen LogP contribution in [0.25, 0.3) is 0 Å². The van der Waals surface area contributed by atoms with Crippen molar-refractivity contribution >= 4 is 11.6 Å². The molecule has 24 heavy (non-hydrogen) atoms. The van der Waals surface area contributed by atoms with Crippen LogP contribution in [0.2, 0.25) is 0 Å². The topological polar surface area (TPSA) is 54.4 Å². The molecule has 0 bridgehead atoms. The molecular formula is C20H23N3O. The van der Waals surface area contributed by atoms with Crippen molar-refractivity contribution in [2.75, 3.05) is 0 Å². The minimum Gasteiger partial charge on any atom is -0.266 e. The highest BCUT2D eigenvalue weighted by Gasteiger charge is 2.15. The van der Waals surface area contributed by atoms with Gasteiger partial charge in [-0.3, -0.25) is 9.78 Å². The second-order valence-corrected chi connectivity index (χ2v) is 6.31. The number of pyridine rings is 1. The molecule has 3 rings (SSSR count). The Hall–Kier alpha value is -2.49. The summed E-state index contributed by atoms with van der Waals surface area (Å²) in [4.78, 5) is 16.0. The van der Waals surface area contributed by atoms with Crippen molar-refractivity contribution < 1.29 is 4.79 Å². The van der Waals surface area contributed by atoms with E-state index in [0.717, 1.165) is 11.3 Å². The van der Waals surface area contributed by atoms with Crippen molar-refractivity contribution in [2.24, 2.45) is 5.10 Å². The molecule has 1 heterocycles. The van der Waals surface area contributed by atoms with Crippen LogP contribution in [-0.2, 0) is 0 Å². The SMILES string of the molecule is CC(=NNC(=O)c1ccccn1)c1ccc(C2CCCCC2)cc1. The van der Waals surface area contributed by atoms with Crippen LogP contribution in [0.3, 0.4) is 0 Å². The van der Waals surface area contributed by atoms with Crippen LogP contribution in [0.4, 0.5) is 0 Å². The Bertz CT molecular complexity index is 701. The number of aromatic nitrogens is 1. The Labute approximate surface area is 143 Å². The van der Waals surface area contributed by atoms with E-state index in [4.69, 9.17) is 0 Å². The molecular weight excluding hydrogens is 298 g/mol. The fraction of sp³-hybridized carbons (Fsp3) is 0.350. The molecule has 1 N–H and O–H groups in total. The van der Waals surface area contributed by atoms with E-state index >= 15 is 0 Å². The van der Waals surface area contributed by atoms with Gasteiger partial charge in [0, 0.05) is 6.20 Å². The van der Waals surface area contributed by atoms with Gasteiger partial charge in [-0.25, -0.2) is 5.43 Å². The monoisotopic (exact) mass is 321 g/mol. The Balaban J connectivity index is 1.64. The number of amides is 1. The third-order valence-corrected chi connectivity index (χ3v) is 4.63. The first-order valence-electron chi connectivity index (χ1n) is 8.60. The number of benzene rings is 1. The molecule has 1 aromatic carbocycles. The number of nitrogens with one attached hydrogen (secondary N) is 1.